The van der Waals surface area contributed by atoms with Crippen LogP contribution in [0.25, 0.3) is 0 Å². The number of aliphatic hydroxyl groups is 1. The Labute approximate surface area is 97.0 Å². The quantitative estimate of drug-likeness (QED) is 0.780. The lowest BCUT2D eigenvalue weighted by Crippen LogP contribution is -2.41. The third-order valence-electron chi connectivity index (χ3n) is 3.85. The zero-order valence-electron chi connectivity index (χ0n) is 9.45. The summed E-state index contributed by atoms with van der Waals surface area (Å²) in [7, 11) is 0. The van der Waals surface area contributed by atoms with Crippen LogP contribution in [0.15, 0.2) is 0 Å². The Morgan fingerprint density at radius 1 is 1.13 bits per heavy atom. The second-order valence-corrected chi connectivity index (χ2v) is 6.89. The van der Waals surface area contributed by atoms with Gasteiger partial charge in [-0.05, 0) is 32.1 Å². The molecule has 0 spiro atoms. The van der Waals surface area contributed by atoms with E-state index in [4.69, 9.17) is 5.73 Å². The van der Waals surface area contributed by atoms with Gasteiger partial charge in [0.2, 0.25) is 0 Å². The molecule has 0 aliphatic heterocycles. The van der Waals surface area contributed by atoms with E-state index in [0.29, 0.717) is 5.25 Å². The summed E-state index contributed by atoms with van der Waals surface area (Å²) in [6, 6.07) is 0. The van der Waals surface area contributed by atoms with Crippen molar-refractivity contribution in [3.8, 4) is 0 Å². The molecule has 0 amide bonds. The average Bonchev–Trinajstić information content (AvgIpc) is 2.63. The number of aliphatic hydroxyl groups excluding tert-OH is 1. The van der Waals surface area contributed by atoms with Gasteiger partial charge in [-0.3, -0.25) is 0 Å². The second kappa shape index (κ2) is 5.07. The molecule has 15 heavy (non-hydrogen) atoms. The second-order valence-electron chi connectivity index (χ2n) is 5.28. The maximum Gasteiger partial charge on any atom is 0.0611 e. The topological polar surface area (TPSA) is 46.2 Å². The van der Waals surface area contributed by atoms with Crippen LogP contribution < -0.4 is 5.73 Å². The largest absolute Gasteiger partial charge is 0.394 e. The summed E-state index contributed by atoms with van der Waals surface area (Å²) < 4.78 is 0. The van der Waals surface area contributed by atoms with Crippen molar-refractivity contribution in [1.82, 2.24) is 0 Å². The highest BCUT2D eigenvalue weighted by Crippen LogP contribution is 2.40. The standard InChI is InChI=1S/C12H23NOS/c13-12(9-14)7-6-11(8-12)15-10-4-2-1-3-5-10/h10-11,14H,1-9,13H2. The van der Waals surface area contributed by atoms with E-state index in [2.05, 4.69) is 11.8 Å². The fraction of sp³-hybridized carbons (Fsp3) is 1.00. The molecule has 0 aromatic carbocycles. The number of nitrogens with two attached hydrogens (primary N) is 1. The van der Waals surface area contributed by atoms with E-state index in [1.165, 1.54) is 38.5 Å². The number of thioether (sulfide) groups is 1. The third kappa shape index (κ3) is 3.11. The lowest BCUT2D eigenvalue weighted by molar-refractivity contribution is 0.200. The van der Waals surface area contributed by atoms with Crippen LogP contribution in [0.4, 0.5) is 0 Å². The summed E-state index contributed by atoms with van der Waals surface area (Å²) in [5.41, 5.74) is 5.83. The summed E-state index contributed by atoms with van der Waals surface area (Å²) in [5, 5.41) is 10.8. The Bertz CT molecular complexity index is 206. The Morgan fingerprint density at radius 3 is 2.47 bits per heavy atom. The van der Waals surface area contributed by atoms with Crippen LogP contribution in [0.3, 0.4) is 0 Å². The van der Waals surface area contributed by atoms with Crippen LogP contribution in [0.2, 0.25) is 0 Å². The first-order valence-corrected chi connectivity index (χ1v) is 7.21. The van der Waals surface area contributed by atoms with E-state index in [9.17, 15) is 5.11 Å². The fourth-order valence-electron chi connectivity index (χ4n) is 2.84. The van der Waals surface area contributed by atoms with E-state index >= 15 is 0 Å². The molecule has 0 heterocycles. The molecule has 2 atom stereocenters. The number of hydrogen-bond donors (Lipinski definition) is 2. The van der Waals surface area contributed by atoms with E-state index in [-0.39, 0.29) is 12.1 Å². The molecular formula is C12H23NOS. The highest BCUT2D eigenvalue weighted by atomic mass is 32.2. The fourth-order valence-corrected chi connectivity index (χ4v) is 4.67. The minimum absolute atomic E-state index is 0.161. The molecule has 0 radical (unpaired) electrons. The molecule has 2 fully saturated rings. The zero-order chi connectivity index (χ0) is 10.7. The Kier molecular flexibility index (Phi) is 3.97. The SMILES string of the molecule is NC1(CO)CCC(SC2CCCCC2)C1. The first kappa shape index (κ1) is 11.7. The van der Waals surface area contributed by atoms with E-state index in [1.807, 2.05) is 0 Å². The summed E-state index contributed by atoms with van der Waals surface area (Å²) >= 11 is 2.15. The normalized spacial score (nSPS) is 38.4. The minimum Gasteiger partial charge on any atom is -0.394 e. The van der Waals surface area contributed by atoms with E-state index in [1.54, 1.807) is 0 Å². The van der Waals surface area contributed by atoms with Gasteiger partial charge in [-0.1, -0.05) is 19.3 Å². The predicted molar refractivity (Wildman–Crippen MR) is 66.1 cm³/mol. The molecule has 2 rings (SSSR count). The first-order valence-electron chi connectivity index (χ1n) is 6.27. The van der Waals surface area contributed by atoms with Gasteiger partial charge in [0.15, 0.2) is 0 Å². The lowest BCUT2D eigenvalue weighted by Gasteiger charge is -2.25. The van der Waals surface area contributed by atoms with Crippen molar-refractivity contribution in [3.63, 3.8) is 0 Å². The maximum atomic E-state index is 9.21. The molecule has 0 saturated heterocycles. The molecule has 2 saturated carbocycles. The molecule has 0 aromatic heterocycles. The average molecular weight is 229 g/mol. The molecule has 2 unspecified atom stereocenters. The number of hydrogen-bond acceptors (Lipinski definition) is 3. The molecule has 0 bridgehead atoms. The van der Waals surface area contributed by atoms with Crippen molar-refractivity contribution in [3.05, 3.63) is 0 Å². The van der Waals surface area contributed by atoms with Crippen molar-refractivity contribution in [2.45, 2.75) is 67.4 Å². The van der Waals surface area contributed by atoms with Crippen molar-refractivity contribution in [2.24, 2.45) is 5.73 Å². The van der Waals surface area contributed by atoms with Gasteiger partial charge in [-0.15, -0.1) is 0 Å². The van der Waals surface area contributed by atoms with Gasteiger partial charge in [0, 0.05) is 16.0 Å². The maximum absolute atomic E-state index is 9.21. The summed E-state index contributed by atoms with van der Waals surface area (Å²) in [6.45, 7) is 0.161. The smallest absolute Gasteiger partial charge is 0.0611 e. The van der Waals surface area contributed by atoms with Gasteiger partial charge in [0.1, 0.15) is 0 Å². The van der Waals surface area contributed by atoms with Crippen molar-refractivity contribution in [2.75, 3.05) is 6.61 Å². The summed E-state index contributed by atoms with van der Waals surface area (Å²) in [6.07, 6.45) is 10.3. The Hall–Kier alpha value is 0.270. The van der Waals surface area contributed by atoms with Crippen LogP contribution in [-0.2, 0) is 0 Å². The molecule has 2 aliphatic rings. The molecule has 88 valence electrons. The van der Waals surface area contributed by atoms with Gasteiger partial charge in [0.05, 0.1) is 6.61 Å². The van der Waals surface area contributed by atoms with Gasteiger partial charge in [-0.2, -0.15) is 11.8 Å². The van der Waals surface area contributed by atoms with Gasteiger partial charge in [0.25, 0.3) is 0 Å². The van der Waals surface area contributed by atoms with Crippen molar-refractivity contribution in [1.29, 1.82) is 0 Å². The predicted octanol–water partition coefficient (Wildman–Crippen LogP) is 2.29. The van der Waals surface area contributed by atoms with Crippen LogP contribution in [0.5, 0.6) is 0 Å². The highest BCUT2D eigenvalue weighted by molar-refractivity contribution is 8.00. The highest BCUT2D eigenvalue weighted by Gasteiger charge is 2.36. The van der Waals surface area contributed by atoms with Crippen LogP contribution in [-0.4, -0.2) is 27.8 Å². The molecule has 2 nitrogen and oxygen atoms in total. The number of rotatable bonds is 3. The minimum atomic E-state index is -0.258. The Morgan fingerprint density at radius 2 is 1.87 bits per heavy atom. The molecule has 2 aliphatic carbocycles. The lowest BCUT2D eigenvalue weighted by atomic mass is 10.0. The zero-order valence-corrected chi connectivity index (χ0v) is 10.3. The van der Waals surface area contributed by atoms with E-state index < -0.39 is 0 Å². The van der Waals surface area contributed by atoms with Crippen LogP contribution >= 0.6 is 11.8 Å². The molecular weight excluding hydrogens is 206 g/mol. The van der Waals surface area contributed by atoms with E-state index in [0.717, 1.165) is 18.1 Å². The summed E-state index contributed by atoms with van der Waals surface area (Å²) in [4.78, 5) is 0. The Balaban J connectivity index is 1.76. The first-order chi connectivity index (χ1) is 7.22. The van der Waals surface area contributed by atoms with Gasteiger partial charge < -0.3 is 10.8 Å². The van der Waals surface area contributed by atoms with Crippen molar-refractivity contribution >= 4 is 11.8 Å². The van der Waals surface area contributed by atoms with Gasteiger partial charge in [-0.25, -0.2) is 0 Å². The third-order valence-corrected chi connectivity index (χ3v) is 5.49. The molecule has 3 N–H and O–H groups in total. The van der Waals surface area contributed by atoms with Crippen LogP contribution in [0, 0.1) is 0 Å². The van der Waals surface area contributed by atoms with Crippen molar-refractivity contribution < 1.29 is 5.11 Å². The summed E-state index contributed by atoms with van der Waals surface area (Å²) in [5.74, 6) is 0. The van der Waals surface area contributed by atoms with Gasteiger partial charge >= 0.3 is 0 Å². The van der Waals surface area contributed by atoms with Crippen LogP contribution in [0.1, 0.15) is 51.4 Å². The monoisotopic (exact) mass is 229 g/mol. The molecule has 3 heteroatoms. The molecule has 0 aromatic rings.